The molecule has 0 rings (SSSR count). The number of rotatable bonds is 14. The minimum absolute atomic E-state index is 0.237. The van der Waals surface area contributed by atoms with E-state index in [1.807, 2.05) is 12.2 Å². The summed E-state index contributed by atoms with van der Waals surface area (Å²) >= 11 is 0. The largest absolute Gasteiger partial charge is 0.410 e. The Hall–Kier alpha value is -1.20. The average Bonchev–Trinajstić information content (AvgIpc) is 2.54. The zero-order chi connectivity index (χ0) is 20.7. The van der Waals surface area contributed by atoms with E-state index < -0.39 is 6.16 Å². The van der Waals surface area contributed by atoms with Crippen LogP contribution in [-0.2, 0) is 14.2 Å². The van der Waals surface area contributed by atoms with Gasteiger partial charge in [0.2, 0.25) is 0 Å². The first-order chi connectivity index (χ1) is 12.7. The first-order valence-corrected chi connectivity index (χ1v) is 9.90. The van der Waals surface area contributed by atoms with Crippen molar-refractivity contribution in [1.29, 1.82) is 0 Å². The maximum Gasteiger partial charge on any atom is 0.410 e. The second kappa shape index (κ2) is 14.8. The van der Waals surface area contributed by atoms with Crippen LogP contribution in [0, 0.1) is 0 Å². The molecule has 0 aliphatic heterocycles. The molecular weight excluding hydrogens is 340 g/mol. The maximum atomic E-state index is 10.4. The number of aliphatic hydroxyl groups is 1. The Kier molecular flexibility index (Phi) is 14.2. The van der Waals surface area contributed by atoms with Crippen LogP contribution in [0.2, 0.25) is 0 Å². The van der Waals surface area contributed by atoms with Crippen LogP contribution in [0.5, 0.6) is 0 Å². The Morgan fingerprint density at radius 1 is 0.704 bits per heavy atom. The molecule has 0 heterocycles. The number of hydrogen-bond acceptors (Lipinski definition) is 4. The fourth-order valence-electron chi connectivity index (χ4n) is 2.27. The highest BCUT2D eigenvalue weighted by molar-refractivity contribution is 5.03. The van der Waals surface area contributed by atoms with E-state index in [4.69, 9.17) is 14.2 Å². The molecule has 4 nitrogen and oxygen atoms in total. The van der Waals surface area contributed by atoms with Gasteiger partial charge in [0.05, 0.1) is 19.8 Å². The van der Waals surface area contributed by atoms with E-state index in [-0.39, 0.29) is 13.2 Å². The number of ether oxygens (including phenoxy) is 3. The SMILES string of the molecule is CCOC(O)(OC/C=C(\C)CCC=C(C)C)OC/C=C(\C)CCC=C(C)C. The normalized spacial score (nSPS) is 12.9. The molecule has 0 aromatic rings. The summed E-state index contributed by atoms with van der Waals surface area (Å²) in [7, 11) is 0. The van der Waals surface area contributed by atoms with Crippen LogP contribution < -0.4 is 0 Å². The van der Waals surface area contributed by atoms with Crippen molar-refractivity contribution >= 4 is 0 Å². The van der Waals surface area contributed by atoms with Crippen LogP contribution in [0.3, 0.4) is 0 Å². The fourth-order valence-corrected chi connectivity index (χ4v) is 2.27. The minimum atomic E-state index is -2.01. The second-order valence-corrected chi connectivity index (χ2v) is 7.32. The summed E-state index contributed by atoms with van der Waals surface area (Å²) in [6.07, 6.45) is 10.3. The van der Waals surface area contributed by atoms with E-state index in [1.54, 1.807) is 6.92 Å². The smallest absolute Gasteiger partial charge is 0.319 e. The lowest BCUT2D eigenvalue weighted by molar-refractivity contribution is -0.479. The highest BCUT2D eigenvalue weighted by Crippen LogP contribution is 2.14. The molecule has 4 heteroatoms. The van der Waals surface area contributed by atoms with Gasteiger partial charge in [-0.1, -0.05) is 46.6 Å². The summed E-state index contributed by atoms with van der Waals surface area (Å²) in [4.78, 5) is 0. The Morgan fingerprint density at radius 2 is 1.11 bits per heavy atom. The molecule has 1 N–H and O–H groups in total. The molecule has 0 spiro atoms. The third kappa shape index (κ3) is 15.5. The van der Waals surface area contributed by atoms with E-state index in [0.717, 1.165) is 25.7 Å². The van der Waals surface area contributed by atoms with Crippen LogP contribution >= 0.6 is 0 Å². The van der Waals surface area contributed by atoms with Crippen molar-refractivity contribution in [3.63, 3.8) is 0 Å². The third-order valence-corrected chi connectivity index (χ3v) is 3.90. The molecule has 156 valence electrons. The van der Waals surface area contributed by atoms with Crippen LogP contribution in [0.4, 0.5) is 0 Å². The Balaban J connectivity index is 4.44. The van der Waals surface area contributed by atoms with E-state index in [1.165, 1.54) is 22.3 Å². The second-order valence-electron chi connectivity index (χ2n) is 7.32. The topological polar surface area (TPSA) is 47.9 Å². The average molecular weight is 381 g/mol. The number of hydrogen-bond donors (Lipinski definition) is 1. The Labute approximate surface area is 166 Å². The quantitative estimate of drug-likeness (QED) is 0.294. The standard InChI is InChI=1S/C23H40O4/c1-8-25-23(24,26-17-15-21(6)13-9-11-19(2)3)27-18-16-22(7)14-10-12-20(4)5/h11-12,15-16,24H,8-10,13-14,17-18H2,1-7H3/b21-15+,22-16+. The number of allylic oxidation sites excluding steroid dienone is 6. The van der Waals surface area contributed by atoms with Gasteiger partial charge in [-0.3, -0.25) is 9.47 Å². The van der Waals surface area contributed by atoms with Gasteiger partial charge in [-0.05, 0) is 74.1 Å². The zero-order valence-electron chi connectivity index (χ0n) is 18.4. The van der Waals surface area contributed by atoms with Crippen LogP contribution in [0.15, 0.2) is 46.6 Å². The molecule has 0 saturated carbocycles. The summed E-state index contributed by atoms with van der Waals surface area (Å²) in [6, 6.07) is 0. The molecule has 0 amide bonds. The van der Waals surface area contributed by atoms with Gasteiger partial charge in [0.1, 0.15) is 0 Å². The van der Waals surface area contributed by atoms with Crippen molar-refractivity contribution in [3.8, 4) is 0 Å². The summed E-state index contributed by atoms with van der Waals surface area (Å²) in [6.45, 7) is 15.1. The van der Waals surface area contributed by atoms with E-state index >= 15 is 0 Å². The van der Waals surface area contributed by atoms with Crippen molar-refractivity contribution < 1.29 is 19.3 Å². The van der Waals surface area contributed by atoms with Gasteiger partial charge in [-0.25, -0.2) is 0 Å². The molecule has 27 heavy (non-hydrogen) atoms. The monoisotopic (exact) mass is 380 g/mol. The highest BCUT2D eigenvalue weighted by atomic mass is 17.0. The van der Waals surface area contributed by atoms with Crippen LogP contribution in [-0.4, -0.2) is 31.1 Å². The molecule has 0 radical (unpaired) electrons. The van der Waals surface area contributed by atoms with Crippen molar-refractivity contribution in [2.75, 3.05) is 19.8 Å². The summed E-state index contributed by atoms with van der Waals surface area (Å²) < 4.78 is 16.1. The lowest BCUT2D eigenvalue weighted by atomic mass is 10.1. The van der Waals surface area contributed by atoms with E-state index in [2.05, 4.69) is 53.7 Å². The van der Waals surface area contributed by atoms with E-state index in [9.17, 15) is 5.11 Å². The molecule has 0 unspecified atom stereocenters. The third-order valence-electron chi connectivity index (χ3n) is 3.90. The molecule has 0 aliphatic carbocycles. The van der Waals surface area contributed by atoms with Gasteiger partial charge < -0.3 is 9.84 Å². The maximum absolute atomic E-state index is 10.4. The first-order valence-electron chi connectivity index (χ1n) is 9.90. The Bertz CT molecular complexity index is 476. The summed E-state index contributed by atoms with van der Waals surface area (Å²) in [5.74, 6) is 0. The van der Waals surface area contributed by atoms with Crippen molar-refractivity contribution in [2.24, 2.45) is 0 Å². The van der Waals surface area contributed by atoms with Gasteiger partial charge in [-0.15, -0.1) is 0 Å². The first kappa shape index (κ1) is 25.8. The lowest BCUT2D eigenvalue weighted by Crippen LogP contribution is -2.39. The predicted octanol–water partition coefficient (Wildman–Crippen LogP) is 6.05. The van der Waals surface area contributed by atoms with Gasteiger partial charge >= 0.3 is 6.16 Å². The molecule has 0 aliphatic rings. The molecule has 0 atom stereocenters. The van der Waals surface area contributed by atoms with Crippen LogP contribution in [0.25, 0.3) is 0 Å². The Morgan fingerprint density at radius 3 is 1.44 bits per heavy atom. The van der Waals surface area contributed by atoms with Gasteiger partial charge in [0.15, 0.2) is 0 Å². The van der Waals surface area contributed by atoms with Gasteiger partial charge in [0, 0.05) is 0 Å². The van der Waals surface area contributed by atoms with Crippen molar-refractivity contribution in [2.45, 2.75) is 80.3 Å². The van der Waals surface area contributed by atoms with Crippen LogP contribution in [0.1, 0.15) is 74.1 Å². The molecule has 0 aromatic carbocycles. The molecule has 0 fully saturated rings. The minimum Gasteiger partial charge on any atom is -0.319 e. The zero-order valence-corrected chi connectivity index (χ0v) is 18.4. The van der Waals surface area contributed by atoms with Gasteiger partial charge in [0.25, 0.3) is 0 Å². The predicted molar refractivity (Wildman–Crippen MR) is 113 cm³/mol. The van der Waals surface area contributed by atoms with E-state index in [0.29, 0.717) is 6.61 Å². The van der Waals surface area contributed by atoms with Gasteiger partial charge in [-0.2, -0.15) is 0 Å². The van der Waals surface area contributed by atoms with Crippen molar-refractivity contribution in [1.82, 2.24) is 0 Å². The summed E-state index contributed by atoms with van der Waals surface area (Å²) in [5, 5.41) is 10.4. The molecule has 0 bridgehead atoms. The lowest BCUT2D eigenvalue weighted by Gasteiger charge is -2.25. The fraction of sp³-hybridized carbons (Fsp3) is 0.652. The molecular formula is C23H40O4. The highest BCUT2D eigenvalue weighted by Gasteiger charge is 2.29. The van der Waals surface area contributed by atoms with Crippen molar-refractivity contribution in [3.05, 3.63) is 46.6 Å². The molecule has 0 aromatic heterocycles. The summed E-state index contributed by atoms with van der Waals surface area (Å²) in [5.41, 5.74) is 5.06. The molecule has 0 saturated heterocycles.